The van der Waals surface area contributed by atoms with Gasteiger partial charge in [-0.25, -0.2) is 0 Å². The van der Waals surface area contributed by atoms with E-state index in [-0.39, 0.29) is 18.2 Å². The Hall–Kier alpha value is -3.34. The highest BCUT2D eigenvalue weighted by atomic mass is 16.5. The number of rotatable bonds is 3. The molecule has 0 fully saturated rings. The van der Waals surface area contributed by atoms with Crippen molar-refractivity contribution >= 4 is 5.78 Å². The van der Waals surface area contributed by atoms with E-state index in [1.165, 1.54) is 6.07 Å². The molecule has 0 aliphatic heterocycles. The molecule has 5 nitrogen and oxygen atoms in total. The minimum absolute atomic E-state index is 0.0233. The lowest BCUT2D eigenvalue weighted by atomic mass is 10.1. The lowest BCUT2D eigenvalue weighted by Gasteiger charge is -2.07. The molecule has 0 spiro atoms. The fourth-order valence-electron chi connectivity index (χ4n) is 2.77. The maximum atomic E-state index is 12.5. The first kappa shape index (κ1) is 14.3. The third kappa shape index (κ3) is 2.27. The van der Waals surface area contributed by atoms with Gasteiger partial charge in [0.1, 0.15) is 24.4 Å². The van der Waals surface area contributed by atoms with E-state index in [1.54, 1.807) is 12.1 Å². The minimum atomic E-state index is -0.528. The molecule has 0 bridgehead atoms. The lowest BCUT2D eigenvalue weighted by Crippen LogP contribution is -2.03. The summed E-state index contributed by atoms with van der Waals surface area (Å²) in [5, 5.41) is 9.17. The molecule has 5 heteroatoms. The smallest absolute Gasteiger partial charge is 0.226 e. The number of carbonyl (C=O) groups excluding carboxylic acids is 1. The van der Waals surface area contributed by atoms with Crippen LogP contribution >= 0.6 is 0 Å². The number of fused-ring (bicyclic) bond motifs is 3. The van der Waals surface area contributed by atoms with Gasteiger partial charge in [0.05, 0.1) is 0 Å². The molecule has 0 unspecified atom stereocenters. The molecule has 3 aromatic rings. The summed E-state index contributed by atoms with van der Waals surface area (Å²) in [6, 6.07) is 14.0. The fraction of sp³-hybridized carbons (Fsp3) is 0.0526. The second-order valence-electron chi connectivity index (χ2n) is 5.47. The molecular formula is C19H12O5. The van der Waals surface area contributed by atoms with Gasteiger partial charge in [-0.15, -0.1) is 0 Å². The number of carbonyl (C=O) groups is 1. The molecule has 1 N–H and O–H groups in total. The van der Waals surface area contributed by atoms with E-state index in [9.17, 15) is 9.59 Å². The molecule has 0 amide bonds. The van der Waals surface area contributed by atoms with Crippen LogP contribution in [0, 0.1) is 0 Å². The van der Waals surface area contributed by atoms with E-state index < -0.39 is 11.2 Å². The van der Waals surface area contributed by atoms with Crippen molar-refractivity contribution in [1.82, 2.24) is 0 Å². The summed E-state index contributed by atoms with van der Waals surface area (Å²) in [6.07, 6.45) is 0.976. The summed E-state index contributed by atoms with van der Waals surface area (Å²) < 4.78 is 10.7. The lowest BCUT2D eigenvalue weighted by molar-refractivity contribution is 0.104. The summed E-state index contributed by atoms with van der Waals surface area (Å²) in [5.41, 5.74) is 2.57. The van der Waals surface area contributed by atoms with E-state index in [1.807, 2.05) is 30.3 Å². The maximum Gasteiger partial charge on any atom is 0.226 e. The number of benzene rings is 2. The molecular weight excluding hydrogens is 308 g/mol. The van der Waals surface area contributed by atoms with Gasteiger partial charge in [-0.1, -0.05) is 24.3 Å². The van der Waals surface area contributed by atoms with Gasteiger partial charge < -0.3 is 14.3 Å². The highest BCUT2D eigenvalue weighted by Crippen LogP contribution is 2.38. The van der Waals surface area contributed by atoms with E-state index in [0.29, 0.717) is 16.9 Å². The first-order valence-electron chi connectivity index (χ1n) is 7.35. The molecule has 1 aliphatic carbocycles. The molecule has 0 saturated carbocycles. The van der Waals surface area contributed by atoms with Crippen molar-refractivity contribution in [3.05, 3.63) is 81.9 Å². The van der Waals surface area contributed by atoms with E-state index in [0.717, 1.165) is 17.4 Å². The summed E-state index contributed by atoms with van der Waals surface area (Å²) >= 11 is 0. The summed E-state index contributed by atoms with van der Waals surface area (Å²) in [7, 11) is 0. The summed E-state index contributed by atoms with van der Waals surface area (Å²) in [4.78, 5) is 23.8. The van der Waals surface area contributed by atoms with Crippen LogP contribution in [0.1, 0.15) is 21.7 Å². The third-order valence-electron chi connectivity index (χ3n) is 3.95. The Balaban J connectivity index is 1.60. The molecule has 1 heterocycles. The van der Waals surface area contributed by atoms with Gasteiger partial charge in [0, 0.05) is 17.2 Å². The fourth-order valence-corrected chi connectivity index (χ4v) is 2.77. The second-order valence-corrected chi connectivity index (χ2v) is 5.47. The minimum Gasteiger partial charge on any atom is -0.502 e. The van der Waals surface area contributed by atoms with E-state index in [4.69, 9.17) is 14.3 Å². The van der Waals surface area contributed by atoms with Crippen LogP contribution in [0.2, 0.25) is 0 Å². The summed E-state index contributed by atoms with van der Waals surface area (Å²) in [6.45, 7) is 0.0233. The first-order chi connectivity index (χ1) is 11.6. The van der Waals surface area contributed by atoms with Gasteiger partial charge in [0.2, 0.25) is 5.43 Å². The Morgan fingerprint density at radius 2 is 1.67 bits per heavy atom. The van der Waals surface area contributed by atoms with Crippen LogP contribution in [-0.2, 0) is 6.61 Å². The molecule has 24 heavy (non-hydrogen) atoms. The zero-order valence-electron chi connectivity index (χ0n) is 12.5. The predicted molar refractivity (Wildman–Crippen MR) is 86.3 cm³/mol. The van der Waals surface area contributed by atoms with Crippen molar-refractivity contribution < 1.29 is 19.1 Å². The quantitative estimate of drug-likeness (QED) is 0.627. The number of ether oxygens (including phenoxy) is 1. The topological polar surface area (TPSA) is 76.7 Å². The van der Waals surface area contributed by atoms with Crippen molar-refractivity contribution in [2.45, 2.75) is 6.61 Å². The van der Waals surface area contributed by atoms with Crippen LogP contribution in [0.15, 0.2) is 64.0 Å². The van der Waals surface area contributed by atoms with Crippen LogP contribution < -0.4 is 10.2 Å². The van der Waals surface area contributed by atoms with Crippen LogP contribution in [0.5, 0.6) is 11.5 Å². The highest BCUT2D eigenvalue weighted by molar-refractivity contribution is 6.21. The van der Waals surface area contributed by atoms with Crippen LogP contribution in [0.25, 0.3) is 11.1 Å². The molecule has 0 radical (unpaired) electrons. The predicted octanol–water partition coefficient (Wildman–Crippen LogP) is 3.14. The zero-order valence-corrected chi connectivity index (χ0v) is 12.5. The Kier molecular flexibility index (Phi) is 3.20. The number of ketones is 1. The molecule has 0 atom stereocenters. The Labute approximate surface area is 136 Å². The van der Waals surface area contributed by atoms with Crippen molar-refractivity contribution in [1.29, 1.82) is 0 Å². The largest absolute Gasteiger partial charge is 0.502 e. The van der Waals surface area contributed by atoms with Gasteiger partial charge in [-0.3, -0.25) is 9.59 Å². The Morgan fingerprint density at radius 1 is 0.917 bits per heavy atom. The van der Waals surface area contributed by atoms with Crippen LogP contribution in [0.3, 0.4) is 0 Å². The SMILES string of the molecule is O=C1c2ccccc2-c2ccc(OCc3cc(=O)c(O)co3)cc21. The molecule has 2 aromatic carbocycles. The second kappa shape index (κ2) is 5.38. The van der Waals surface area contributed by atoms with E-state index >= 15 is 0 Å². The van der Waals surface area contributed by atoms with Gasteiger partial charge in [-0.2, -0.15) is 0 Å². The number of hydrogen-bond acceptors (Lipinski definition) is 5. The van der Waals surface area contributed by atoms with Crippen molar-refractivity contribution in [3.63, 3.8) is 0 Å². The van der Waals surface area contributed by atoms with Crippen molar-refractivity contribution in [2.24, 2.45) is 0 Å². The zero-order chi connectivity index (χ0) is 16.7. The maximum absolute atomic E-state index is 12.5. The molecule has 0 saturated heterocycles. The average molecular weight is 320 g/mol. The Bertz CT molecular complexity index is 1020. The Morgan fingerprint density at radius 3 is 2.46 bits per heavy atom. The monoisotopic (exact) mass is 320 g/mol. The van der Waals surface area contributed by atoms with Crippen LogP contribution in [-0.4, -0.2) is 10.9 Å². The van der Waals surface area contributed by atoms with Gasteiger partial charge in [-0.05, 0) is 29.3 Å². The van der Waals surface area contributed by atoms with Crippen molar-refractivity contribution in [2.75, 3.05) is 0 Å². The molecule has 1 aliphatic rings. The van der Waals surface area contributed by atoms with Crippen LogP contribution in [0.4, 0.5) is 0 Å². The van der Waals surface area contributed by atoms with Gasteiger partial charge in [0.25, 0.3) is 0 Å². The van der Waals surface area contributed by atoms with E-state index in [2.05, 4.69) is 0 Å². The summed E-state index contributed by atoms with van der Waals surface area (Å²) in [5.74, 6) is 0.320. The van der Waals surface area contributed by atoms with Gasteiger partial charge in [0.15, 0.2) is 11.5 Å². The standard InChI is InChI=1S/C19H12O5/c20-17-8-12(24-10-18(17)21)9-23-11-5-6-14-13-3-1-2-4-15(13)19(22)16(14)7-11/h1-8,10,21H,9H2. The molecule has 118 valence electrons. The highest BCUT2D eigenvalue weighted by Gasteiger charge is 2.26. The number of aromatic hydroxyl groups is 1. The average Bonchev–Trinajstić information content (AvgIpc) is 2.89. The third-order valence-corrected chi connectivity index (χ3v) is 3.95. The number of hydrogen-bond donors (Lipinski definition) is 1. The molecule has 4 rings (SSSR count). The molecule has 1 aromatic heterocycles. The normalized spacial score (nSPS) is 11.9. The van der Waals surface area contributed by atoms with Crippen molar-refractivity contribution in [3.8, 4) is 22.6 Å². The first-order valence-corrected chi connectivity index (χ1v) is 7.35. The van der Waals surface area contributed by atoms with Gasteiger partial charge >= 0.3 is 0 Å².